The number of carboxylic acids is 2. The fraction of sp³-hybridized carbons (Fsp3) is 0.571. The number of likely N-dealkylation sites (N-methyl/N-ethyl adjacent to an activating group) is 1. The quantitative estimate of drug-likeness (QED) is 0.150. The molecule has 5 N–H and O–H groups in total. The van der Waals surface area contributed by atoms with Crippen LogP contribution in [0.4, 0.5) is 4.79 Å². The average molecular weight is 586 g/mol. The van der Waals surface area contributed by atoms with Crippen molar-refractivity contribution in [1.82, 2.24) is 15.5 Å². The van der Waals surface area contributed by atoms with Crippen LogP contribution in [-0.4, -0.2) is 96.2 Å². The van der Waals surface area contributed by atoms with Crippen LogP contribution >= 0.6 is 0 Å². The second kappa shape index (κ2) is 27.6. The van der Waals surface area contributed by atoms with Gasteiger partial charge in [0.05, 0.1) is 6.42 Å². The summed E-state index contributed by atoms with van der Waals surface area (Å²) in [5.74, 6) is -2.49. The van der Waals surface area contributed by atoms with Gasteiger partial charge in [-0.1, -0.05) is 57.0 Å². The summed E-state index contributed by atoms with van der Waals surface area (Å²) < 4.78 is 4.25. The van der Waals surface area contributed by atoms with Gasteiger partial charge in [0, 0.05) is 40.1 Å². The molecule has 1 atom stereocenters. The Morgan fingerprint density at radius 3 is 2.10 bits per heavy atom. The lowest BCUT2D eigenvalue weighted by atomic mass is 10.1. The van der Waals surface area contributed by atoms with E-state index in [1.807, 2.05) is 50.4 Å². The number of ether oxygens (including phenoxy) is 1. The van der Waals surface area contributed by atoms with Crippen molar-refractivity contribution in [2.24, 2.45) is 0 Å². The molecule has 0 radical (unpaired) electrons. The third-order valence-electron chi connectivity index (χ3n) is 4.95. The van der Waals surface area contributed by atoms with Crippen molar-refractivity contribution in [1.29, 1.82) is 0 Å². The van der Waals surface area contributed by atoms with E-state index in [1.165, 1.54) is 5.56 Å². The van der Waals surface area contributed by atoms with E-state index in [0.717, 1.165) is 32.1 Å². The molecule has 0 fully saturated rings. The zero-order valence-electron chi connectivity index (χ0n) is 25.0. The molecule has 1 aromatic carbocycles. The van der Waals surface area contributed by atoms with E-state index in [-0.39, 0.29) is 18.2 Å². The van der Waals surface area contributed by atoms with Crippen LogP contribution in [0.5, 0.6) is 0 Å². The van der Waals surface area contributed by atoms with Gasteiger partial charge in [0.1, 0.15) is 12.6 Å². The van der Waals surface area contributed by atoms with Crippen molar-refractivity contribution in [3.05, 3.63) is 35.4 Å². The van der Waals surface area contributed by atoms with E-state index < -0.39 is 37.1 Å². The third kappa shape index (κ3) is 24.8. The van der Waals surface area contributed by atoms with Gasteiger partial charge < -0.3 is 35.6 Å². The van der Waals surface area contributed by atoms with Crippen LogP contribution in [0.3, 0.4) is 0 Å². The molecule has 41 heavy (non-hydrogen) atoms. The second-order valence-electron chi connectivity index (χ2n) is 8.16. The number of aliphatic hydroxyl groups excluding tert-OH is 1. The van der Waals surface area contributed by atoms with Gasteiger partial charge in [-0.2, -0.15) is 0 Å². The number of amides is 3. The molecule has 1 unspecified atom stereocenters. The second-order valence-corrected chi connectivity index (χ2v) is 8.16. The average Bonchev–Trinajstić information content (AvgIpc) is 2.96. The van der Waals surface area contributed by atoms with Crippen LogP contribution in [-0.2, 0) is 35.1 Å². The molecule has 1 rings (SSSR count). The zero-order chi connectivity index (χ0) is 32.2. The predicted octanol–water partition coefficient (Wildman–Crippen LogP) is 2.17. The van der Waals surface area contributed by atoms with Crippen molar-refractivity contribution >= 4 is 36.1 Å². The normalized spacial score (nSPS) is 9.93. The molecule has 0 aliphatic rings. The van der Waals surface area contributed by atoms with E-state index in [4.69, 9.17) is 15.3 Å². The van der Waals surface area contributed by atoms with Crippen LogP contribution in [0, 0.1) is 6.92 Å². The molecule has 1 aromatic rings. The van der Waals surface area contributed by atoms with Crippen molar-refractivity contribution < 1.29 is 48.8 Å². The standard InChI is InChI=1S/C17H26N2O2.C8H11NO7.C2H6.CH4O/c1-4-5-11-18-16(20)10-12-19(3)17(21)13-15-8-6-14(2)7-9-15;10-3-4-16-8(15)9-5(7(13)14)1-2-6(11)12;2*1-2/h6-9H,4-5,10-13H2,1-3H3,(H,18,20);3,5H,1-2,4H2,(H,9,15)(H,11,12)(H,13,14);1-2H3;2H,1H3. The highest BCUT2D eigenvalue weighted by atomic mass is 16.5. The number of rotatable bonds is 15. The molecule has 0 saturated carbocycles. The Labute approximate surface area is 242 Å². The van der Waals surface area contributed by atoms with Crippen LogP contribution < -0.4 is 10.6 Å². The van der Waals surface area contributed by atoms with Gasteiger partial charge in [0.25, 0.3) is 0 Å². The smallest absolute Gasteiger partial charge is 0.408 e. The summed E-state index contributed by atoms with van der Waals surface area (Å²) in [5.41, 5.74) is 2.19. The highest BCUT2D eigenvalue weighted by Gasteiger charge is 2.21. The molecule has 234 valence electrons. The summed E-state index contributed by atoms with van der Waals surface area (Å²) >= 11 is 0. The number of benzene rings is 1. The lowest BCUT2D eigenvalue weighted by molar-refractivity contribution is -0.140. The lowest BCUT2D eigenvalue weighted by Gasteiger charge is -2.17. The largest absolute Gasteiger partial charge is 0.481 e. The van der Waals surface area contributed by atoms with Gasteiger partial charge in [-0.05, 0) is 25.3 Å². The zero-order valence-corrected chi connectivity index (χ0v) is 25.0. The van der Waals surface area contributed by atoms with Crippen molar-refractivity contribution in [2.75, 3.05) is 33.9 Å². The van der Waals surface area contributed by atoms with E-state index in [0.29, 0.717) is 25.7 Å². The highest BCUT2D eigenvalue weighted by Crippen LogP contribution is 2.05. The van der Waals surface area contributed by atoms with Gasteiger partial charge in [0.15, 0.2) is 6.29 Å². The molecule has 3 amide bonds. The first-order chi connectivity index (χ1) is 19.5. The number of carbonyl (C=O) groups is 6. The van der Waals surface area contributed by atoms with Crippen molar-refractivity contribution in [3.8, 4) is 0 Å². The number of nitrogens with zero attached hydrogens (tertiary/aromatic N) is 1. The monoisotopic (exact) mass is 585 g/mol. The molecule has 0 heterocycles. The van der Waals surface area contributed by atoms with Crippen LogP contribution in [0.15, 0.2) is 24.3 Å². The Balaban J connectivity index is -0.000000646. The lowest BCUT2D eigenvalue weighted by Crippen LogP contribution is -2.41. The van der Waals surface area contributed by atoms with Crippen LogP contribution in [0.1, 0.15) is 64.0 Å². The SMILES string of the molecule is CC.CCCCNC(=O)CCN(C)C(=O)Cc1ccc(C)cc1.CO.O=CCOC(=O)NC(CCC(=O)O)C(=O)O. The van der Waals surface area contributed by atoms with E-state index in [9.17, 15) is 28.8 Å². The van der Waals surface area contributed by atoms with Gasteiger partial charge in [0.2, 0.25) is 11.8 Å². The topological polar surface area (TPSA) is 200 Å². The summed E-state index contributed by atoms with van der Waals surface area (Å²) in [6, 6.07) is 6.60. The molecule has 0 aliphatic heterocycles. The number of carbonyl (C=O) groups excluding carboxylic acids is 4. The fourth-order valence-corrected chi connectivity index (χ4v) is 2.72. The number of aliphatic hydroxyl groups is 1. The van der Waals surface area contributed by atoms with Crippen molar-refractivity contribution in [3.63, 3.8) is 0 Å². The highest BCUT2D eigenvalue weighted by molar-refractivity contribution is 5.81. The third-order valence-corrected chi connectivity index (χ3v) is 4.95. The number of aliphatic carboxylic acids is 2. The number of hydrogen-bond donors (Lipinski definition) is 5. The number of nitrogens with one attached hydrogen (secondary N) is 2. The molecule has 13 heteroatoms. The summed E-state index contributed by atoms with van der Waals surface area (Å²) in [6.45, 7) is 8.80. The molecule has 0 aromatic heterocycles. The summed E-state index contributed by atoms with van der Waals surface area (Å²) in [7, 11) is 2.75. The number of unbranched alkanes of at least 4 members (excludes halogenated alkanes) is 1. The fourth-order valence-electron chi connectivity index (χ4n) is 2.72. The van der Waals surface area contributed by atoms with Gasteiger partial charge in [-0.15, -0.1) is 0 Å². The minimum atomic E-state index is -1.37. The Morgan fingerprint density at radius 2 is 1.61 bits per heavy atom. The predicted molar refractivity (Wildman–Crippen MR) is 153 cm³/mol. The van der Waals surface area contributed by atoms with E-state index in [1.54, 1.807) is 11.9 Å². The minimum Gasteiger partial charge on any atom is -0.481 e. The Morgan fingerprint density at radius 1 is 1.02 bits per heavy atom. The summed E-state index contributed by atoms with van der Waals surface area (Å²) in [4.78, 5) is 66.8. The van der Waals surface area contributed by atoms with E-state index >= 15 is 0 Å². The first kappa shape index (κ1) is 41.5. The number of aryl methyl sites for hydroxylation is 1. The molecule has 0 aliphatic carbocycles. The number of hydrogen-bond acceptors (Lipinski definition) is 8. The number of alkyl carbamates (subject to hydrolysis) is 1. The molecule has 0 saturated heterocycles. The molecular formula is C28H47N3O10. The Kier molecular flexibility index (Phi) is 27.9. The first-order valence-corrected chi connectivity index (χ1v) is 13.3. The van der Waals surface area contributed by atoms with Gasteiger partial charge >= 0.3 is 18.0 Å². The number of carboxylic acid groups (broad SMARTS) is 2. The minimum absolute atomic E-state index is 0.0124. The van der Waals surface area contributed by atoms with Crippen LogP contribution in [0.25, 0.3) is 0 Å². The maximum atomic E-state index is 12.1. The molecule has 0 bridgehead atoms. The summed E-state index contributed by atoms with van der Waals surface area (Å²) in [6.07, 6.45) is 1.39. The molecule has 0 spiro atoms. The maximum absolute atomic E-state index is 12.1. The Hall–Kier alpha value is -4.00. The molecular weight excluding hydrogens is 538 g/mol. The maximum Gasteiger partial charge on any atom is 0.408 e. The van der Waals surface area contributed by atoms with Crippen molar-refractivity contribution in [2.45, 2.75) is 72.3 Å². The van der Waals surface area contributed by atoms with E-state index in [2.05, 4.69) is 17.0 Å². The van der Waals surface area contributed by atoms with Crippen LogP contribution in [0.2, 0.25) is 0 Å². The van der Waals surface area contributed by atoms with Gasteiger partial charge in [-0.25, -0.2) is 9.59 Å². The first-order valence-electron chi connectivity index (χ1n) is 13.3. The summed E-state index contributed by atoms with van der Waals surface area (Å²) in [5, 5.41) is 28.7. The number of aldehydes is 1. The van der Waals surface area contributed by atoms with Gasteiger partial charge in [-0.3, -0.25) is 19.2 Å². The Bertz CT molecular complexity index is 892. The molecule has 13 nitrogen and oxygen atoms in total.